The lowest BCUT2D eigenvalue weighted by Crippen LogP contribution is -2.42. The number of hydrogen-bond donors (Lipinski definition) is 1. The summed E-state index contributed by atoms with van der Waals surface area (Å²) in [6.45, 7) is 1.83. The molecule has 0 radical (unpaired) electrons. The first-order valence-corrected chi connectivity index (χ1v) is 8.18. The van der Waals surface area contributed by atoms with Crippen molar-refractivity contribution >= 4 is 29.1 Å². The van der Waals surface area contributed by atoms with Crippen molar-refractivity contribution in [2.24, 2.45) is 0 Å². The summed E-state index contributed by atoms with van der Waals surface area (Å²) in [4.78, 5) is 15.2. The third kappa shape index (κ3) is 4.19. The van der Waals surface area contributed by atoms with Gasteiger partial charge in [-0.15, -0.1) is 0 Å². The van der Waals surface area contributed by atoms with Crippen LogP contribution >= 0.6 is 11.8 Å². The van der Waals surface area contributed by atoms with Crippen LogP contribution in [0.15, 0.2) is 36.5 Å². The van der Waals surface area contributed by atoms with Gasteiger partial charge in [-0.05, 0) is 24.6 Å². The normalized spacial score (nSPS) is 13.8. The predicted molar refractivity (Wildman–Crippen MR) is 87.9 cm³/mol. The summed E-state index contributed by atoms with van der Waals surface area (Å²) < 4.78 is 5.21. The lowest BCUT2D eigenvalue weighted by Gasteiger charge is -2.26. The number of fused-ring (bicyclic) bond motifs is 1. The number of nitrogens with zero attached hydrogens (tertiary/aromatic N) is 2. The van der Waals surface area contributed by atoms with Crippen molar-refractivity contribution in [2.45, 2.75) is 24.8 Å². The van der Waals surface area contributed by atoms with Crippen LogP contribution in [-0.4, -0.2) is 46.7 Å². The molecule has 0 aliphatic heterocycles. The van der Waals surface area contributed by atoms with E-state index < -0.39 is 0 Å². The fourth-order valence-electron chi connectivity index (χ4n) is 2.16. The molecule has 0 fully saturated rings. The van der Waals surface area contributed by atoms with E-state index in [-0.39, 0.29) is 12.1 Å². The number of hydrogen-bond acceptors (Lipinski definition) is 5. The number of carbonyl (C=O) groups excluding carboxylic acids is 1. The second-order valence-electron chi connectivity index (χ2n) is 5.04. The molecule has 5 nitrogen and oxygen atoms in total. The summed E-state index contributed by atoms with van der Waals surface area (Å²) >= 11 is 1.63. The average Bonchev–Trinajstić information content (AvgIpc) is 2.57. The van der Waals surface area contributed by atoms with E-state index >= 15 is 0 Å². The fourth-order valence-corrected chi connectivity index (χ4v) is 3.33. The molecule has 2 unspecified atom stereocenters. The largest absolute Gasteiger partial charge is 0.379 e. The predicted octanol–water partition coefficient (Wildman–Crippen LogP) is 2.72. The van der Waals surface area contributed by atoms with Crippen molar-refractivity contribution in [3.05, 3.63) is 42.1 Å². The Balaban J connectivity index is 1.96. The molecule has 1 heterocycles. The number of thioether (sulfide) groups is 1. The van der Waals surface area contributed by atoms with E-state index in [2.05, 4.69) is 11.1 Å². The molecule has 22 heavy (non-hydrogen) atoms. The third-order valence-corrected chi connectivity index (χ3v) is 4.68. The molecular weight excluding hydrogens is 300 g/mol. The van der Waals surface area contributed by atoms with Crippen LogP contribution in [0.5, 0.6) is 0 Å². The lowest BCUT2D eigenvalue weighted by molar-refractivity contribution is -0.168. The summed E-state index contributed by atoms with van der Waals surface area (Å²) in [5, 5.41) is 11.4. The Labute approximate surface area is 134 Å². The molecule has 1 aromatic carbocycles. The smallest absolute Gasteiger partial charge is 0.233 e. The monoisotopic (exact) mass is 320 g/mol. The number of amides is 1. The molecular formula is C16H20N2O3S. The van der Waals surface area contributed by atoms with Gasteiger partial charge in [0.15, 0.2) is 0 Å². The second-order valence-corrected chi connectivity index (χ2v) is 6.08. The number of aromatic nitrogens is 1. The van der Waals surface area contributed by atoms with Gasteiger partial charge in [0, 0.05) is 30.2 Å². The highest BCUT2D eigenvalue weighted by molar-refractivity contribution is 7.98. The van der Waals surface area contributed by atoms with Gasteiger partial charge < -0.3 is 4.74 Å². The number of hydroxylamine groups is 2. The highest BCUT2D eigenvalue weighted by Crippen LogP contribution is 2.19. The standard InChI is InChI=1S/C16H20N2O3S/c1-12(21-2)16(18(20)11-19)10-22-9-13-7-14-5-3-4-6-15(14)17-8-13/h3-8,11-12,16,20H,9-10H2,1-2H3. The van der Waals surface area contributed by atoms with Crippen molar-refractivity contribution < 1.29 is 14.7 Å². The van der Waals surface area contributed by atoms with Crippen LogP contribution in [0.25, 0.3) is 10.9 Å². The van der Waals surface area contributed by atoms with E-state index in [1.807, 2.05) is 37.4 Å². The zero-order valence-corrected chi connectivity index (χ0v) is 13.5. The van der Waals surface area contributed by atoms with Gasteiger partial charge >= 0.3 is 0 Å². The first kappa shape index (κ1) is 16.7. The summed E-state index contributed by atoms with van der Waals surface area (Å²) in [6, 6.07) is 9.71. The maximum absolute atomic E-state index is 10.7. The van der Waals surface area contributed by atoms with Gasteiger partial charge in [-0.1, -0.05) is 18.2 Å². The van der Waals surface area contributed by atoms with Crippen molar-refractivity contribution in [3.8, 4) is 0 Å². The van der Waals surface area contributed by atoms with Crippen molar-refractivity contribution in [3.63, 3.8) is 0 Å². The van der Waals surface area contributed by atoms with E-state index in [1.54, 1.807) is 18.9 Å². The molecule has 6 heteroatoms. The van der Waals surface area contributed by atoms with Crippen molar-refractivity contribution in [1.29, 1.82) is 0 Å². The quantitative estimate of drug-likeness (QED) is 0.460. The molecule has 1 amide bonds. The SMILES string of the molecule is COC(C)C(CSCc1cnc2ccccc2c1)N(O)C=O. The second kappa shape index (κ2) is 8.12. The zero-order chi connectivity index (χ0) is 15.9. The van der Waals surface area contributed by atoms with E-state index in [4.69, 9.17) is 4.74 Å². The molecule has 2 rings (SSSR count). The van der Waals surface area contributed by atoms with Gasteiger partial charge in [0.2, 0.25) is 6.41 Å². The minimum atomic E-state index is -0.374. The van der Waals surface area contributed by atoms with Crippen LogP contribution in [0.4, 0.5) is 0 Å². The number of benzene rings is 1. The maximum Gasteiger partial charge on any atom is 0.233 e. The van der Waals surface area contributed by atoms with Gasteiger partial charge in [-0.25, -0.2) is 5.06 Å². The van der Waals surface area contributed by atoms with Crippen LogP contribution in [-0.2, 0) is 15.3 Å². The zero-order valence-electron chi connectivity index (χ0n) is 12.7. The van der Waals surface area contributed by atoms with Crippen molar-refractivity contribution in [2.75, 3.05) is 12.9 Å². The highest BCUT2D eigenvalue weighted by atomic mass is 32.2. The van der Waals surface area contributed by atoms with Gasteiger partial charge in [-0.3, -0.25) is 15.0 Å². The van der Waals surface area contributed by atoms with Crippen molar-refractivity contribution in [1.82, 2.24) is 10.0 Å². The molecule has 0 aliphatic rings. The molecule has 118 valence electrons. The number of ether oxygens (including phenoxy) is 1. The number of rotatable bonds is 8. The first-order chi connectivity index (χ1) is 10.7. The Morgan fingerprint density at radius 1 is 1.45 bits per heavy atom. The minimum absolute atomic E-state index is 0.238. The Kier molecular flexibility index (Phi) is 6.18. The molecule has 0 saturated heterocycles. The van der Waals surface area contributed by atoms with E-state index in [0.29, 0.717) is 17.2 Å². The molecule has 0 spiro atoms. The van der Waals surface area contributed by atoms with Crippen LogP contribution < -0.4 is 0 Å². The Morgan fingerprint density at radius 3 is 2.95 bits per heavy atom. The average molecular weight is 320 g/mol. The summed E-state index contributed by atoms with van der Waals surface area (Å²) in [7, 11) is 1.56. The van der Waals surface area contributed by atoms with E-state index in [1.165, 1.54) is 0 Å². The third-order valence-electron chi connectivity index (χ3n) is 3.57. The maximum atomic E-state index is 10.7. The minimum Gasteiger partial charge on any atom is -0.379 e. The summed E-state index contributed by atoms with van der Waals surface area (Å²) in [6.07, 6.45) is 2.04. The summed E-state index contributed by atoms with van der Waals surface area (Å²) in [5.41, 5.74) is 2.09. The summed E-state index contributed by atoms with van der Waals surface area (Å²) in [5.74, 6) is 1.34. The fraction of sp³-hybridized carbons (Fsp3) is 0.375. The molecule has 2 aromatic rings. The highest BCUT2D eigenvalue weighted by Gasteiger charge is 2.22. The van der Waals surface area contributed by atoms with Gasteiger partial charge in [0.05, 0.1) is 17.7 Å². The van der Waals surface area contributed by atoms with Gasteiger partial charge in [0.25, 0.3) is 0 Å². The number of methoxy groups -OCH3 is 1. The van der Waals surface area contributed by atoms with Gasteiger partial charge in [-0.2, -0.15) is 11.8 Å². The Bertz CT molecular complexity index is 623. The Hall–Kier alpha value is -1.63. The van der Waals surface area contributed by atoms with E-state index in [0.717, 1.165) is 22.2 Å². The number of carbonyl (C=O) groups is 1. The molecule has 0 aliphatic carbocycles. The molecule has 1 aromatic heterocycles. The first-order valence-electron chi connectivity index (χ1n) is 7.02. The molecule has 1 N–H and O–H groups in total. The van der Waals surface area contributed by atoms with Crippen LogP contribution in [0, 0.1) is 0 Å². The lowest BCUT2D eigenvalue weighted by atomic mass is 10.2. The molecule has 2 atom stereocenters. The van der Waals surface area contributed by atoms with E-state index in [9.17, 15) is 10.0 Å². The van der Waals surface area contributed by atoms with Crippen LogP contribution in [0.1, 0.15) is 12.5 Å². The molecule has 0 bridgehead atoms. The number of para-hydroxylation sites is 1. The molecule has 0 saturated carbocycles. The topological polar surface area (TPSA) is 62.7 Å². The van der Waals surface area contributed by atoms with Crippen LogP contribution in [0.3, 0.4) is 0 Å². The van der Waals surface area contributed by atoms with Crippen LogP contribution in [0.2, 0.25) is 0 Å². The van der Waals surface area contributed by atoms with Gasteiger partial charge in [0.1, 0.15) is 0 Å². The number of pyridine rings is 1. The Morgan fingerprint density at radius 2 is 2.23 bits per heavy atom.